The molecule has 1 aromatic carbocycles. The number of rotatable bonds is 10. The molecule has 2 heterocycles. The van der Waals surface area contributed by atoms with Crippen molar-refractivity contribution in [3.8, 4) is 11.4 Å². The van der Waals surface area contributed by atoms with Crippen molar-refractivity contribution in [2.45, 2.75) is 38.5 Å². The van der Waals surface area contributed by atoms with E-state index in [2.05, 4.69) is 28.3 Å². The SMILES string of the molecule is C=CCn1c(SCC(=O)c2cc(C)n(C(C)COC)c2C)nnc1-c1ccc(Cl)cc1. The zero-order chi connectivity index (χ0) is 22.5. The molecule has 8 heteroatoms. The van der Waals surface area contributed by atoms with Gasteiger partial charge in [0.05, 0.1) is 18.4 Å². The number of aromatic nitrogens is 4. The average molecular weight is 459 g/mol. The lowest BCUT2D eigenvalue weighted by Crippen LogP contribution is -2.15. The van der Waals surface area contributed by atoms with Crippen molar-refractivity contribution in [1.29, 1.82) is 0 Å². The number of methoxy groups -OCH3 is 1. The van der Waals surface area contributed by atoms with Crippen molar-refractivity contribution in [2.24, 2.45) is 0 Å². The van der Waals surface area contributed by atoms with Crippen LogP contribution in [0.2, 0.25) is 5.02 Å². The zero-order valence-electron chi connectivity index (χ0n) is 18.3. The van der Waals surface area contributed by atoms with Crippen LogP contribution in [0.25, 0.3) is 11.4 Å². The van der Waals surface area contributed by atoms with E-state index in [1.807, 2.05) is 48.7 Å². The van der Waals surface area contributed by atoms with E-state index < -0.39 is 0 Å². The summed E-state index contributed by atoms with van der Waals surface area (Å²) in [5.74, 6) is 1.06. The Kier molecular flexibility index (Phi) is 7.75. The van der Waals surface area contributed by atoms with Crippen molar-refractivity contribution in [2.75, 3.05) is 19.5 Å². The molecule has 0 bridgehead atoms. The predicted octanol–water partition coefficient (Wildman–Crippen LogP) is 5.39. The van der Waals surface area contributed by atoms with E-state index in [-0.39, 0.29) is 17.6 Å². The second-order valence-corrected chi connectivity index (χ2v) is 8.76. The van der Waals surface area contributed by atoms with Crippen LogP contribution in [0.5, 0.6) is 0 Å². The van der Waals surface area contributed by atoms with Gasteiger partial charge in [0.15, 0.2) is 16.8 Å². The van der Waals surface area contributed by atoms with Crippen LogP contribution in [0.1, 0.15) is 34.7 Å². The highest BCUT2D eigenvalue weighted by Gasteiger charge is 2.20. The highest BCUT2D eigenvalue weighted by molar-refractivity contribution is 7.99. The van der Waals surface area contributed by atoms with Gasteiger partial charge in [-0.1, -0.05) is 29.4 Å². The zero-order valence-corrected chi connectivity index (χ0v) is 19.8. The number of carbonyl (C=O) groups is 1. The Bertz CT molecular complexity index is 1070. The van der Waals surface area contributed by atoms with Crippen LogP contribution < -0.4 is 0 Å². The first-order chi connectivity index (χ1) is 14.9. The summed E-state index contributed by atoms with van der Waals surface area (Å²) in [4.78, 5) is 13.0. The summed E-state index contributed by atoms with van der Waals surface area (Å²) >= 11 is 7.38. The number of benzene rings is 1. The molecule has 6 nitrogen and oxygen atoms in total. The molecule has 0 aliphatic carbocycles. The Hall–Kier alpha value is -2.35. The maximum Gasteiger partial charge on any atom is 0.192 e. The van der Waals surface area contributed by atoms with Gasteiger partial charge in [0.2, 0.25) is 0 Å². The second-order valence-electron chi connectivity index (χ2n) is 7.38. The number of thioether (sulfide) groups is 1. The highest BCUT2D eigenvalue weighted by atomic mass is 35.5. The van der Waals surface area contributed by atoms with Crippen LogP contribution in [-0.2, 0) is 11.3 Å². The van der Waals surface area contributed by atoms with Gasteiger partial charge in [-0.3, -0.25) is 9.36 Å². The Balaban J connectivity index is 1.80. The molecule has 2 aromatic heterocycles. The van der Waals surface area contributed by atoms with Gasteiger partial charge in [-0.25, -0.2) is 0 Å². The third kappa shape index (κ3) is 5.11. The van der Waals surface area contributed by atoms with E-state index in [1.54, 1.807) is 13.2 Å². The fraction of sp³-hybridized carbons (Fsp3) is 0.348. The summed E-state index contributed by atoms with van der Waals surface area (Å²) in [6, 6.07) is 9.57. The van der Waals surface area contributed by atoms with E-state index in [9.17, 15) is 4.79 Å². The largest absolute Gasteiger partial charge is 0.383 e. The molecule has 0 N–H and O–H groups in total. The minimum Gasteiger partial charge on any atom is -0.383 e. The molecule has 3 aromatic rings. The quantitative estimate of drug-likeness (QED) is 0.232. The predicted molar refractivity (Wildman–Crippen MR) is 126 cm³/mol. The number of Topliss-reactive ketones (excluding diaryl/α,β-unsaturated/α-hetero) is 1. The van der Waals surface area contributed by atoms with Crippen molar-refractivity contribution >= 4 is 29.1 Å². The standard InChI is InChI=1S/C23H27ClN4O2S/c1-6-11-27-22(18-7-9-19(24)10-8-18)25-26-23(27)31-14-21(29)20-12-15(2)28(17(20)4)16(3)13-30-5/h6-10,12,16H,1,11,13-14H2,2-5H3. The third-order valence-electron chi connectivity index (χ3n) is 5.10. The van der Waals surface area contributed by atoms with Crippen LogP contribution in [0, 0.1) is 13.8 Å². The number of carbonyl (C=O) groups excluding carboxylic acids is 1. The molecule has 0 amide bonds. The lowest BCUT2D eigenvalue weighted by atomic mass is 10.2. The highest BCUT2D eigenvalue weighted by Crippen LogP contribution is 2.27. The van der Waals surface area contributed by atoms with Crippen molar-refractivity contribution in [3.63, 3.8) is 0 Å². The number of hydrogen-bond donors (Lipinski definition) is 0. The van der Waals surface area contributed by atoms with Gasteiger partial charge in [0.1, 0.15) is 0 Å². The van der Waals surface area contributed by atoms with E-state index in [4.69, 9.17) is 16.3 Å². The molecule has 0 saturated heterocycles. The van der Waals surface area contributed by atoms with Crippen molar-refractivity contribution < 1.29 is 9.53 Å². The van der Waals surface area contributed by atoms with Gasteiger partial charge in [-0.2, -0.15) is 0 Å². The molecule has 1 atom stereocenters. The number of ether oxygens (including phenoxy) is 1. The summed E-state index contributed by atoms with van der Waals surface area (Å²) in [5, 5.41) is 10.00. The van der Waals surface area contributed by atoms with Crippen LogP contribution >= 0.6 is 23.4 Å². The van der Waals surface area contributed by atoms with E-state index in [0.29, 0.717) is 23.3 Å². The normalized spacial score (nSPS) is 12.2. The van der Waals surface area contributed by atoms with Crippen LogP contribution in [0.3, 0.4) is 0 Å². The van der Waals surface area contributed by atoms with Gasteiger partial charge >= 0.3 is 0 Å². The van der Waals surface area contributed by atoms with Gasteiger partial charge in [0, 0.05) is 41.2 Å². The van der Waals surface area contributed by atoms with Gasteiger partial charge in [-0.05, 0) is 51.1 Å². The maximum atomic E-state index is 13.0. The molecule has 0 aliphatic rings. The van der Waals surface area contributed by atoms with E-state index in [0.717, 1.165) is 28.3 Å². The summed E-state index contributed by atoms with van der Waals surface area (Å²) in [6.45, 7) is 11.1. The number of allylic oxidation sites excluding steroid dienone is 1. The van der Waals surface area contributed by atoms with Crippen molar-refractivity contribution in [1.82, 2.24) is 19.3 Å². The molecule has 0 fully saturated rings. The number of halogens is 1. The Morgan fingerprint density at radius 2 is 2.00 bits per heavy atom. The number of hydrogen-bond acceptors (Lipinski definition) is 5. The molecular formula is C23H27ClN4O2S. The van der Waals surface area contributed by atoms with Gasteiger partial charge < -0.3 is 9.30 Å². The van der Waals surface area contributed by atoms with Gasteiger partial charge in [0.25, 0.3) is 0 Å². The minimum atomic E-state index is 0.0650. The maximum absolute atomic E-state index is 13.0. The Labute approximate surface area is 192 Å². The lowest BCUT2D eigenvalue weighted by molar-refractivity contribution is 0.102. The minimum absolute atomic E-state index is 0.0650. The van der Waals surface area contributed by atoms with Crippen LogP contribution in [-0.4, -0.2) is 44.6 Å². The molecule has 31 heavy (non-hydrogen) atoms. The second kappa shape index (κ2) is 10.3. The molecular weight excluding hydrogens is 432 g/mol. The topological polar surface area (TPSA) is 61.9 Å². The van der Waals surface area contributed by atoms with Gasteiger partial charge in [-0.15, -0.1) is 16.8 Å². The van der Waals surface area contributed by atoms with E-state index >= 15 is 0 Å². The molecule has 3 rings (SSSR count). The van der Waals surface area contributed by atoms with Crippen LogP contribution in [0.15, 0.2) is 48.1 Å². The first kappa shape index (κ1) is 23.3. The Morgan fingerprint density at radius 3 is 2.65 bits per heavy atom. The van der Waals surface area contributed by atoms with Crippen molar-refractivity contribution in [3.05, 3.63) is 65.0 Å². The molecule has 1 unspecified atom stereocenters. The number of aryl methyl sites for hydroxylation is 1. The molecule has 164 valence electrons. The van der Waals surface area contributed by atoms with E-state index in [1.165, 1.54) is 11.8 Å². The fourth-order valence-corrected chi connectivity index (χ4v) is 4.72. The number of ketones is 1. The molecule has 0 saturated carbocycles. The summed E-state index contributed by atoms with van der Waals surface area (Å²) < 4.78 is 9.39. The first-order valence-corrected chi connectivity index (χ1v) is 11.4. The molecule has 0 aliphatic heterocycles. The molecule has 0 radical (unpaired) electrons. The average Bonchev–Trinajstić information content (AvgIpc) is 3.27. The number of nitrogens with zero attached hydrogens (tertiary/aromatic N) is 4. The molecule has 0 spiro atoms. The monoisotopic (exact) mass is 458 g/mol. The lowest BCUT2D eigenvalue weighted by Gasteiger charge is -2.17. The Morgan fingerprint density at radius 1 is 1.29 bits per heavy atom. The first-order valence-electron chi connectivity index (χ1n) is 10.0. The fourth-order valence-electron chi connectivity index (χ4n) is 3.76. The summed E-state index contributed by atoms with van der Waals surface area (Å²) in [5.41, 5.74) is 3.66. The van der Waals surface area contributed by atoms with Crippen LogP contribution in [0.4, 0.5) is 0 Å². The summed E-state index contributed by atoms with van der Waals surface area (Å²) in [7, 11) is 1.69. The summed E-state index contributed by atoms with van der Waals surface area (Å²) in [6.07, 6.45) is 1.79. The smallest absolute Gasteiger partial charge is 0.192 e. The third-order valence-corrected chi connectivity index (χ3v) is 6.32.